The van der Waals surface area contributed by atoms with E-state index in [2.05, 4.69) is 11.9 Å². The summed E-state index contributed by atoms with van der Waals surface area (Å²) in [5.41, 5.74) is 0. The van der Waals surface area contributed by atoms with Gasteiger partial charge in [0.05, 0.1) is 10.0 Å². The largest absolute Gasteiger partial charge is 0.482 e. The zero-order valence-electron chi connectivity index (χ0n) is 10.0. The molecule has 0 heterocycles. The maximum Gasteiger partial charge on any atom is 0.262 e. The van der Waals surface area contributed by atoms with E-state index in [9.17, 15) is 13.2 Å². The van der Waals surface area contributed by atoms with Crippen molar-refractivity contribution < 1.29 is 17.9 Å². The average molecular weight is 359 g/mol. The highest BCUT2D eigenvalue weighted by Crippen LogP contribution is 2.34. The summed E-state index contributed by atoms with van der Waals surface area (Å²) in [4.78, 5) is 11.0. The molecule has 0 spiro atoms. The van der Waals surface area contributed by atoms with E-state index >= 15 is 0 Å². The summed E-state index contributed by atoms with van der Waals surface area (Å²) in [7, 11) is 1.18. The van der Waals surface area contributed by atoms with E-state index in [1.807, 2.05) is 0 Å². The third kappa shape index (κ3) is 4.86. The summed E-state index contributed by atoms with van der Waals surface area (Å²) in [6.45, 7) is 3.46. The molecule has 1 aromatic rings. The predicted octanol–water partition coefficient (Wildman–Crippen LogP) is 2.60. The van der Waals surface area contributed by atoms with Crippen molar-refractivity contribution in [2.45, 2.75) is 4.90 Å². The second-order valence-electron chi connectivity index (χ2n) is 3.53. The van der Waals surface area contributed by atoms with E-state index in [0.29, 0.717) is 6.54 Å². The van der Waals surface area contributed by atoms with Gasteiger partial charge in [-0.1, -0.05) is 29.3 Å². The maximum atomic E-state index is 11.3. The third-order valence-electron chi connectivity index (χ3n) is 2.05. The predicted molar refractivity (Wildman–Crippen MR) is 78.2 cm³/mol. The summed E-state index contributed by atoms with van der Waals surface area (Å²) < 4.78 is 27.6. The van der Waals surface area contributed by atoms with Crippen LogP contribution in [0.3, 0.4) is 0 Å². The molecule has 0 unspecified atom stereocenters. The Morgan fingerprint density at radius 2 is 2.00 bits per heavy atom. The molecular formula is C11H10Cl3NO4S. The van der Waals surface area contributed by atoms with Gasteiger partial charge in [-0.2, -0.15) is 0 Å². The number of hydrogen-bond donors (Lipinski definition) is 1. The van der Waals surface area contributed by atoms with Crippen LogP contribution in [-0.4, -0.2) is 27.5 Å². The lowest BCUT2D eigenvalue weighted by Gasteiger charge is -2.10. The molecule has 5 nitrogen and oxygen atoms in total. The lowest BCUT2D eigenvalue weighted by Crippen LogP contribution is -2.28. The van der Waals surface area contributed by atoms with Crippen LogP contribution in [0, 0.1) is 0 Å². The van der Waals surface area contributed by atoms with Crippen LogP contribution >= 0.6 is 33.9 Å². The fourth-order valence-electron chi connectivity index (χ4n) is 1.19. The Morgan fingerprint density at radius 1 is 1.35 bits per heavy atom. The molecule has 0 aliphatic heterocycles. The van der Waals surface area contributed by atoms with Gasteiger partial charge >= 0.3 is 0 Å². The Hall–Kier alpha value is -0.950. The van der Waals surface area contributed by atoms with E-state index in [0.717, 1.165) is 6.07 Å². The van der Waals surface area contributed by atoms with E-state index in [1.54, 1.807) is 0 Å². The van der Waals surface area contributed by atoms with Gasteiger partial charge in [0.15, 0.2) is 6.61 Å². The van der Waals surface area contributed by atoms with Crippen LogP contribution in [0.15, 0.2) is 29.7 Å². The van der Waals surface area contributed by atoms with Gasteiger partial charge in [0, 0.05) is 23.3 Å². The van der Waals surface area contributed by atoms with Crippen molar-refractivity contribution in [1.82, 2.24) is 5.32 Å². The minimum Gasteiger partial charge on any atom is -0.482 e. The van der Waals surface area contributed by atoms with Crippen molar-refractivity contribution in [1.29, 1.82) is 0 Å². The molecule has 0 aromatic heterocycles. The fraction of sp³-hybridized carbons (Fsp3) is 0.182. The van der Waals surface area contributed by atoms with Crippen molar-refractivity contribution in [3.8, 4) is 5.75 Å². The maximum absolute atomic E-state index is 11.3. The summed E-state index contributed by atoms with van der Waals surface area (Å²) in [6.07, 6.45) is 1.52. The molecule has 0 atom stereocenters. The standard InChI is InChI=1S/C11H10Cl3NO4S/c1-2-3-15-11(16)6-19-9-4-8(13)10(5-7(9)12)20(14,17)18/h2,4-5H,1,3,6H2,(H,15,16). The van der Waals surface area contributed by atoms with Gasteiger partial charge in [-0.25, -0.2) is 8.42 Å². The number of halogens is 3. The highest BCUT2D eigenvalue weighted by molar-refractivity contribution is 8.13. The highest BCUT2D eigenvalue weighted by atomic mass is 35.7. The number of benzene rings is 1. The smallest absolute Gasteiger partial charge is 0.262 e. The molecule has 1 aromatic carbocycles. The molecule has 0 saturated heterocycles. The molecule has 110 valence electrons. The number of hydrogen-bond acceptors (Lipinski definition) is 4. The Balaban J connectivity index is 2.86. The second kappa shape index (κ2) is 7.17. The monoisotopic (exact) mass is 357 g/mol. The molecule has 1 rings (SSSR count). The zero-order chi connectivity index (χ0) is 15.3. The topological polar surface area (TPSA) is 72.5 Å². The Morgan fingerprint density at radius 3 is 2.55 bits per heavy atom. The van der Waals surface area contributed by atoms with Crippen molar-refractivity contribution in [3.63, 3.8) is 0 Å². The van der Waals surface area contributed by atoms with Crippen LogP contribution in [-0.2, 0) is 13.8 Å². The van der Waals surface area contributed by atoms with Crippen LogP contribution in [0.25, 0.3) is 0 Å². The summed E-state index contributed by atoms with van der Waals surface area (Å²) in [5, 5.41) is 2.33. The number of rotatable bonds is 6. The van der Waals surface area contributed by atoms with Crippen LogP contribution in [0.1, 0.15) is 0 Å². The molecule has 20 heavy (non-hydrogen) atoms. The van der Waals surface area contributed by atoms with Gasteiger partial charge in [0.1, 0.15) is 10.6 Å². The number of ether oxygens (including phenoxy) is 1. The van der Waals surface area contributed by atoms with Crippen molar-refractivity contribution in [2.75, 3.05) is 13.2 Å². The summed E-state index contributed by atoms with van der Waals surface area (Å²) in [5.74, 6) is -0.305. The highest BCUT2D eigenvalue weighted by Gasteiger charge is 2.18. The first-order chi connectivity index (χ1) is 9.25. The summed E-state index contributed by atoms with van der Waals surface area (Å²) >= 11 is 11.6. The minimum atomic E-state index is -4.01. The normalized spacial score (nSPS) is 10.9. The number of carbonyl (C=O) groups excluding carboxylic acids is 1. The molecule has 0 bridgehead atoms. The first-order valence-electron chi connectivity index (χ1n) is 5.19. The van der Waals surface area contributed by atoms with Gasteiger partial charge in [-0.05, 0) is 6.07 Å². The van der Waals surface area contributed by atoms with Crippen LogP contribution in [0.4, 0.5) is 0 Å². The van der Waals surface area contributed by atoms with Gasteiger partial charge in [0.2, 0.25) is 0 Å². The van der Waals surface area contributed by atoms with Crippen molar-refractivity contribution in [2.24, 2.45) is 0 Å². The fourth-order valence-corrected chi connectivity index (χ4v) is 2.98. The molecule has 0 radical (unpaired) electrons. The van der Waals surface area contributed by atoms with Crippen molar-refractivity contribution >= 4 is 48.8 Å². The Labute approximate surface area is 130 Å². The number of amides is 1. The second-order valence-corrected chi connectivity index (χ2v) is 6.88. The minimum absolute atomic E-state index is 0.0230. The van der Waals surface area contributed by atoms with Crippen LogP contribution < -0.4 is 10.1 Å². The molecule has 0 saturated carbocycles. The van der Waals surface area contributed by atoms with E-state index < -0.39 is 9.05 Å². The quantitative estimate of drug-likeness (QED) is 0.627. The Kier molecular flexibility index (Phi) is 6.13. The first-order valence-corrected chi connectivity index (χ1v) is 8.26. The lowest BCUT2D eigenvalue weighted by atomic mass is 10.3. The van der Waals surface area contributed by atoms with Crippen molar-refractivity contribution in [3.05, 3.63) is 34.8 Å². The van der Waals surface area contributed by atoms with Gasteiger partial charge in [-0.15, -0.1) is 6.58 Å². The number of nitrogens with one attached hydrogen (secondary N) is 1. The molecule has 0 fully saturated rings. The first kappa shape index (κ1) is 17.1. The average Bonchev–Trinajstić information content (AvgIpc) is 2.35. The van der Waals surface area contributed by atoms with E-state index in [1.165, 1.54) is 12.1 Å². The third-order valence-corrected chi connectivity index (χ3v) is 4.13. The van der Waals surface area contributed by atoms with E-state index in [4.69, 9.17) is 38.6 Å². The molecule has 1 amide bonds. The number of carbonyl (C=O) groups is 1. The molecule has 9 heteroatoms. The van der Waals surface area contributed by atoms with E-state index in [-0.39, 0.29) is 33.2 Å². The Bertz CT molecular complexity index is 631. The molecule has 1 N–H and O–H groups in total. The van der Waals surface area contributed by atoms with Crippen LogP contribution in [0.5, 0.6) is 5.75 Å². The molecule has 0 aliphatic carbocycles. The lowest BCUT2D eigenvalue weighted by molar-refractivity contribution is -0.122. The van der Waals surface area contributed by atoms with Gasteiger partial charge < -0.3 is 10.1 Å². The van der Waals surface area contributed by atoms with Gasteiger partial charge in [0.25, 0.3) is 15.0 Å². The molecular weight excluding hydrogens is 349 g/mol. The zero-order valence-corrected chi connectivity index (χ0v) is 13.1. The molecule has 0 aliphatic rings. The van der Waals surface area contributed by atoms with Crippen LogP contribution in [0.2, 0.25) is 10.0 Å². The SMILES string of the molecule is C=CCNC(=O)COc1cc(Cl)c(S(=O)(=O)Cl)cc1Cl. The van der Waals surface area contributed by atoms with Gasteiger partial charge in [-0.3, -0.25) is 4.79 Å². The summed E-state index contributed by atoms with van der Waals surface area (Å²) in [6, 6.07) is 2.24.